The number of methoxy groups -OCH3 is 1. The predicted molar refractivity (Wildman–Crippen MR) is 90.1 cm³/mol. The smallest absolute Gasteiger partial charge is 0.146 e. The maximum Gasteiger partial charge on any atom is 0.146 e. The van der Waals surface area contributed by atoms with Gasteiger partial charge in [0.15, 0.2) is 0 Å². The third-order valence-electron chi connectivity index (χ3n) is 2.78. The zero-order chi connectivity index (χ0) is 15.2. The summed E-state index contributed by atoms with van der Waals surface area (Å²) >= 11 is 6.93. The van der Waals surface area contributed by atoms with Crippen molar-refractivity contribution >= 4 is 31.9 Å². The monoisotopic (exact) mass is 414 g/mol. The van der Waals surface area contributed by atoms with E-state index in [1.54, 1.807) is 13.3 Å². The van der Waals surface area contributed by atoms with Crippen LogP contribution in [-0.2, 0) is 6.54 Å². The Morgan fingerprint density at radius 2 is 1.81 bits per heavy atom. The highest BCUT2D eigenvalue weighted by Gasteiger charge is 2.09. The van der Waals surface area contributed by atoms with Crippen LogP contribution in [0.1, 0.15) is 12.5 Å². The molecule has 21 heavy (non-hydrogen) atoms. The van der Waals surface area contributed by atoms with Gasteiger partial charge in [-0.1, -0.05) is 6.92 Å². The fourth-order valence-corrected chi connectivity index (χ4v) is 2.65. The summed E-state index contributed by atoms with van der Waals surface area (Å²) < 4.78 is 12.8. The van der Waals surface area contributed by atoms with Crippen molar-refractivity contribution in [3.8, 4) is 17.2 Å². The number of ether oxygens (including phenoxy) is 2. The summed E-state index contributed by atoms with van der Waals surface area (Å²) in [4.78, 5) is 4.20. The van der Waals surface area contributed by atoms with Crippen molar-refractivity contribution in [3.05, 3.63) is 45.1 Å². The minimum absolute atomic E-state index is 0.697. The fourth-order valence-electron chi connectivity index (χ4n) is 1.76. The lowest BCUT2D eigenvalue weighted by molar-refractivity contribution is 0.409. The van der Waals surface area contributed by atoms with Gasteiger partial charge in [-0.25, -0.2) is 0 Å². The van der Waals surface area contributed by atoms with E-state index in [-0.39, 0.29) is 0 Å². The van der Waals surface area contributed by atoms with Gasteiger partial charge in [-0.3, -0.25) is 4.98 Å². The van der Waals surface area contributed by atoms with Crippen molar-refractivity contribution < 1.29 is 9.47 Å². The van der Waals surface area contributed by atoms with Crippen molar-refractivity contribution in [2.45, 2.75) is 13.5 Å². The predicted octanol–water partition coefficient (Wildman–Crippen LogP) is 4.52. The lowest BCUT2D eigenvalue weighted by atomic mass is 10.2. The molecule has 0 spiro atoms. The van der Waals surface area contributed by atoms with E-state index in [1.807, 2.05) is 24.4 Å². The molecule has 0 radical (unpaired) electrons. The Labute approximate surface area is 141 Å². The summed E-state index contributed by atoms with van der Waals surface area (Å²) in [7, 11) is 1.63. The van der Waals surface area contributed by atoms with E-state index < -0.39 is 0 Å². The number of nitrogens with zero attached hydrogens (tertiary/aromatic N) is 1. The number of pyridine rings is 1. The second kappa shape index (κ2) is 7.77. The molecule has 0 aliphatic rings. The van der Waals surface area contributed by atoms with Crippen LogP contribution < -0.4 is 14.8 Å². The molecule has 1 heterocycles. The third kappa shape index (κ3) is 4.43. The molecule has 1 aromatic carbocycles. The molecule has 0 atom stereocenters. The van der Waals surface area contributed by atoms with Gasteiger partial charge in [0.05, 0.1) is 22.3 Å². The molecule has 0 saturated carbocycles. The van der Waals surface area contributed by atoms with Crippen LogP contribution in [0.2, 0.25) is 0 Å². The first-order valence-electron chi connectivity index (χ1n) is 6.49. The molecule has 1 N–H and O–H groups in total. The molecule has 0 bridgehead atoms. The van der Waals surface area contributed by atoms with Gasteiger partial charge in [-0.15, -0.1) is 0 Å². The number of hydrogen-bond donors (Lipinski definition) is 1. The van der Waals surface area contributed by atoms with Crippen LogP contribution in [0.5, 0.6) is 17.2 Å². The van der Waals surface area contributed by atoms with Crippen LogP contribution >= 0.6 is 31.9 Å². The van der Waals surface area contributed by atoms with E-state index in [0.717, 1.165) is 33.3 Å². The van der Waals surface area contributed by atoms with Crippen LogP contribution in [0, 0.1) is 0 Å². The van der Waals surface area contributed by atoms with Crippen LogP contribution in [0.15, 0.2) is 39.5 Å². The van der Waals surface area contributed by atoms with Crippen LogP contribution in [0.3, 0.4) is 0 Å². The largest absolute Gasteiger partial charge is 0.496 e. The summed E-state index contributed by atoms with van der Waals surface area (Å²) in [6.07, 6.45) is 3.52. The van der Waals surface area contributed by atoms with Crippen molar-refractivity contribution in [1.29, 1.82) is 0 Å². The lowest BCUT2D eigenvalue weighted by Gasteiger charge is -2.11. The minimum Gasteiger partial charge on any atom is -0.496 e. The normalized spacial score (nSPS) is 10.5. The van der Waals surface area contributed by atoms with E-state index in [0.29, 0.717) is 11.5 Å². The van der Waals surface area contributed by atoms with Crippen LogP contribution in [0.25, 0.3) is 0 Å². The zero-order valence-electron chi connectivity index (χ0n) is 11.8. The Hall–Kier alpha value is -1.11. The number of benzene rings is 1. The van der Waals surface area contributed by atoms with Gasteiger partial charge in [-0.05, 0) is 62.2 Å². The van der Waals surface area contributed by atoms with Gasteiger partial charge >= 0.3 is 0 Å². The van der Waals surface area contributed by atoms with Gasteiger partial charge in [0, 0.05) is 12.7 Å². The molecule has 0 fully saturated rings. The molecular weight excluding hydrogens is 400 g/mol. The van der Waals surface area contributed by atoms with Crippen LogP contribution in [0.4, 0.5) is 0 Å². The standard InChI is InChI=1S/C15H16Br2N2O2/c1-3-18-7-10-4-11(9-19-8-10)21-15-6-12(16)14(20-2)5-13(15)17/h4-6,8-9,18H,3,7H2,1-2H3. The number of rotatable bonds is 6. The molecule has 0 amide bonds. The van der Waals surface area contributed by atoms with E-state index in [1.165, 1.54) is 0 Å². The molecular formula is C15H16Br2N2O2. The Kier molecular flexibility index (Phi) is 6.02. The van der Waals surface area contributed by atoms with Gasteiger partial charge < -0.3 is 14.8 Å². The van der Waals surface area contributed by atoms with Crippen molar-refractivity contribution in [2.24, 2.45) is 0 Å². The number of halogens is 2. The third-order valence-corrected chi connectivity index (χ3v) is 4.02. The molecule has 1 aromatic heterocycles. The molecule has 0 aliphatic heterocycles. The van der Waals surface area contributed by atoms with Crippen LogP contribution in [-0.4, -0.2) is 18.6 Å². The molecule has 0 saturated heterocycles. The first-order chi connectivity index (χ1) is 10.1. The highest BCUT2D eigenvalue weighted by atomic mass is 79.9. The topological polar surface area (TPSA) is 43.4 Å². The summed E-state index contributed by atoms with van der Waals surface area (Å²) in [6, 6.07) is 5.69. The number of hydrogen-bond acceptors (Lipinski definition) is 4. The van der Waals surface area contributed by atoms with Crippen molar-refractivity contribution in [1.82, 2.24) is 10.3 Å². The average molecular weight is 416 g/mol. The van der Waals surface area contributed by atoms with E-state index in [2.05, 4.69) is 49.1 Å². The van der Waals surface area contributed by atoms with E-state index in [9.17, 15) is 0 Å². The Morgan fingerprint density at radius 1 is 1.10 bits per heavy atom. The maximum absolute atomic E-state index is 5.89. The van der Waals surface area contributed by atoms with E-state index in [4.69, 9.17) is 9.47 Å². The van der Waals surface area contributed by atoms with Crippen molar-refractivity contribution in [3.63, 3.8) is 0 Å². The number of nitrogens with one attached hydrogen (secondary N) is 1. The molecule has 4 nitrogen and oxygen atoms in total. The molecule has 0 unspecified atom stereocenters. The zero-order valence-corrected chi connectivity index (χ0v) is 15.0. The SMILES string of the molecule is CCNCc1cncc(Oc2cc(Br)c(OC)cc2Br)c1. The Bertz CT molecular complexity index is 621. The van der Waals surface area contributed by atoms with Crippen molar-refractivity contribution in [2.75, 3.05) is 13.7 Å². The summed E-state index contributed by atoms with van der Waals surface area (Å²) in [5, 5.41) is 3.26. The van der Waals surface area contributed by atoms with Gasteiger partial charge in [0.1, 0.15) is 17.2 Å². The summed E-state index contributed by atoms with van der Waals surface area (Å²) in [5.41, 5.74) is 1.08. The second-order valence-electron chi connectivity index (χ2n) is 4.33. The van der Waals surface area contributed by atoms with E-state index >= 15 is 0 Å². The minimum atomic E-state index is 0.697. The molecule has 112 valence electrons. The summed E-state index contributed by atoms with van der Waals surface area (Å²) in [6.45, 7) is 3.76. The highest BCUT2D eigenvalue weighted by Crippen LogP contribution is 2.38. The Morgan fingerprint density at radius 3 is 2.52 bits per heavy atom. The second-order valence-corrected chi connectivity index (χ2v) is 6.04. The number of aromatic nitrogens is 1. The molecule has 0 aliphatic carbocycles. The first kappa shape index (κ1) is 16.3. The molecule has 2 aromatic rings. The summed E-state index contributed by atoms with van der Waals surface area (Å²) in [5.74, 6) is 2.14. The van der Waals surface area contributed by atoms with Gasteiger partial charge in [0.25, 0.3) is 0 Å². The fraction of sp³-hybridized carbons (Fsp3) is 0.267. The Balaban J connectivity index is 2.20. The maximum atomic E-state index is 5.89. The quantitative estimate of drug-likeness (QED) is 0.753. The van der Waals surface area contributed by atoms with Gasteiger partial charge in [-0.2, -0.15) is 0 Å². The first-order valence-corrected chi connectivity index (χ1v) is 8.08. The highest BCUT2D eigenvalue weighted by molar-refractivity contribution is 9.11. The lowest BCUT2D eigenvalue weighted by Crippen LogP contribution is -2.11. The van der Waals surface area contributed by atoms with Gasteiger partial charge in [0.2, 0.25) is 0 Å². The molecule has 6 heteroatoms. The molecule has 2 rings (SSSR count). The average Bonchev–Trinajstić information content (AvgIpc) is 2.49.